The van der Waals surface area contributed by atoms with E-state index >= 15 is 0 Å². The van der Waals surface area contributed by atoms with Gasteiger partial charge in [0.2, 0.25) is 12.7 Å². The molecule has 20 heavy (non-hydrogen) atoms. The van der Waals surface area contributed by atoms with Gasteiger partial charge < -0.3 is 25.3 Å². The molecule has 6 heteroatoms. The molecule has 3 rings (SSSR count). The number of nitrogens with one attached hydrogen (secondary N) is 1. The summed E-state index contributed by atoms with van der Waals surface area (Å²) in [6, 6.07) is 3.37. The molecule has 108 valence electrons. The zero-order valence-corrected chi connectivity index (χ0v) is 11.2. The van der Waals surface area contributed by atoms with Gasteiger partial charge in [0.25, 0.3) is 0 Å². The molecule has 2 heterocycles. The number of hydrogen-bond donors (Lipinski definition) is 2. The number of fused-ring (bicyclic) bond motifs is 1. The van der Waals surface area contributed by atoms with E-state index in [1.807, 2.05) is 0 Å². The van der Waals surface area contributed by atoms with Crippen molar-refractivity contribution in [1.29, 1.82) is 0 Å². The Hall–Kier alpha value is -1.95. The van der Waals surface area contributed by atoms with E-state index in [4.69, 9.17) is 19.9 Å². The molecule has 0 bridgehead atoms. The summed E-state index contributed by atoms with van der Waals surface area (Å²) in [5, 5.41) is 2.82. The average molecular weight is 278 g/mol. The minimum Gasteiger partial charge on any atom is -0.454 e. The summed E-state index contributed by atoms with van der Waals surface area (Å²) in [4.78, 5) is 11.9. The molecule has 0 aliphatic carbocycles. The lowest BCUT2D eigenvalue weighted by Crippen LogP contribution is -2.14. The highest BCUT2D eigenvalue weighted by Crippen LogP contribution is 2.38. The van der Waals surface area contributed by atoms with E-state index < -0.39 is 0 Å². The van der Waals surface area contributed by atoms with Crippen LogP contribution in [-0.2, 0) is 9.53 Å². The summed E-state index contributed by atoms with van der Waals surface area (Å²) in [6.45, 7) is 1.76. The van der Waals surface area contributed by atoms with Gasteiger partial charge in [-0.3, -0.25) is 4.79 Å². The molecule has 1 saturated heterocycles. The average Bonchev–Trinajstić information content (AvgIpc) is 3.07. The fraction of sp³-hybridized carbons (Fsp3) is 0.500. The van der Waals surface area contributed by atoms with Gasteiger partial charge in [-0.1, -0.05) is 0 Å². The number of nitrogens with two attached hydrogens (primary N) is 1. The largest absolute Gasteiger partial charge is 0.454 e. The van der Waals surface area contributed by atoms with Crippen LogP contribution in [0.25, 0.3) is 0 Å². The third-order valence-electron chi connectivity index (χ3n) is 3.62. The topological polar surface area (TPSA) is 82.8 Å². The molecule has 1 aromatic rings. The highest BCUT2D eigenvalue weighted by molar-refractivity contribution is 5.94. The molecule has 1 unspecified atom stereocenters. The number of carbonyl (C=O) groups is 1. The van der Waals surface area contributed by atoms with Crippen molar-refractivity contribution in [3.05, 3.63) is 12.1 Å². The lowest BCUT2D eigenvalue weighted by Gasteiger charge is -2.10. The van der Waals surface area contributed by atoms with Crippen molar-refractivity contribution in [2.45, 2.75) is 19.3 Å². The van der Waals surface area contributed by atoms with Crippen LogP contribution >= 0.6 is 0 Å². The van der Waals surface area contributed by atoms with Gasteiger partial charge >= 0.3 is 0 Å². The molecule has 6 nitrogen and oxygen atoms in total. The number of nitrogen functional groups attached to an aromatic ring is 1. The number of rotatable bonds is 4. The summed E-state index contributed by atoms with van der Waals surface area (Å²) < 4.78 is 15.8. The van der Waals surface area contributed by atoms with Gasteiger partial charge in [0.15, 0.2) is 11.5 Å². The fourth-order valence-electron chi connectivity index (χ4n) is 2.42. The maximum absolute atomic E-state index is 11.9. The molecule has 0 spiro atoms. The van der Waals surface area contributed by atoms with Crippen molar-refractivity contribution in [2.24, 2.45) is 5.92 Å². The predicted octanol–water partition coefficient (Wildman–Crippen LogP) is 1.75. The number of benzene rings is 1. The summed E-state index contributed by atoms with van der Waals surface area (Å²) in [5.74, 6) is 1.68. The Morgan fingerprint density at radius 1 is 1.35 bits per heavy atom. The molecule has 1 fully saturated rings. The van der Waals surface area contributed by atoms with E-state index in [9.17, 15) is 4.79 Å². The molecule has 1 atom stereocenters. The van der Waals surface area contributed by atoms with Gasteiger partial charge in [0, 0.05) is 31.8 Å². The molecule has 1 amide bonds. The first-order valence-corrected chi connectivity index (χ1v) is 6.79. The first-order valence-electron chi connectivity index (χ1n) is 6.79. The number of hydrogen-bond acceptors (Lipinski definition) is 5. The Morgan fingerprint density at radius 3 is 2.90 bits per heavy atom. The van der Waals surface area contributed by atoms with Crippen LogP contribution in [0.15, 0.2) is 12.1 Å². The maximum atomic E-state index is 11.9. The smallest absolute Gasteiger partial charge is 0.231 e. The SMILES string of the molecule is Nc1cc2c(cc1NC(=O)CCC1CCOC1)OCO2. The van der Waals surface area contributed by atoms with Crippen LogP contribution in [0.3, 0.4) is 0 Å². The summed E-state index contributed by atoms with van der Waals surface area (Å²) >= 11 is 0. The molecule has 3 N–H and O–H groups in total. The van der Waals surface area contributed by atoms with Crippen molar-refractivity contribution in [3.8, 4) is 11.5 Å². The van der Waals surface area contributed by atoms with Crippen molar-refractivity contribution in [2.75, 3.05) is 31.1 Å². The van der Waals surface area contributed by atoms with Crippen LogP contribution in [0.1, 0.15) is 19.3 Å². The minimum absolute atomic E-state index is 0.0394. The van der Waals surface area contributed by atoms with E-state index in [1.165, 1.54) is 0 Å². The van der Waals surface area contributed by atoms with Gasteiger partial charge in [0.05, 0.1) is 11.4 Å². The molecule has 1 aromatic carbocycles. The quantitative estimate of drug-likeness (QED) is 0.820. The van der Waals surface area contributed by atoms with Crippen LogP contribution in [0.5, 0.6) is 11.5 Å². The maximum Gasteiger partial charge on any atom is 0.231 e. The van der Waals surface area contributed by atoms with Crippen molar-refractivity contribution >= 4 is 17.3 Å². The Balaban J connectivity index is 1.58. The van der Waals surface area contributed by atoms with E-state index in [1.54, 1.807) is 12.1 Å². The third-order valence-corrected chi connectivity index (χ3v) is 3.62. The van der Waals surface area contributed by atoms with Crippen molar-refractivity contribution in [3.63, 3.8) is 0 Å². The zero-order chi connectivity index (χ0) is 13.9. The number of carbonyl (C=O) groups excluding carboxylic acids is 1. The molecule has 2 aliphatic rings. The number of amides is 1. The summed E-state index contributed by atoms with van der Waals surface area (Å²) in [5.41, 5.74) is 6.94. The van der Waals surface area contributed by atoms with Crippen LogP contribution in [-0.4, -0.2) is 25.9 Å². The molecule has 0 aromatic heterocycles. The van der Waals surface area contributed by atoms with Crippen molar-refractivity contribution in [1.82, 2.24) is 0 Å². The van der Waals surface area contributed by atoms with Gasteiger partial charge in [-0.2, -0.15) is 0 Å². The second-order valence-corrected chi connectivity index (χ2v) is 5.11. The molecule has 0 saturated carbocycles. The van der Waals surface area contributed by atoms with E-state index in [0.29, 0.717) is 35.2 Å². The number of ether oxygens (including phenoxy) is 3. The fourth-order valence-corrected chi connectivity index (χ4v) is 2.42. The number of anilines is 2. The lowest BCUT2D eigenvalue weighted by molar-refractivity contribution is -0.116. The van der Waals surface area contributed by atoms with Crippen LogP contribution < -0.4 is 20.5 Å². The molecular weight excluding hydrogens is 260 g/mol. The van der Waals surface area contributed by atoms with E-state index in [0.717, 1.165) is 26.1 Å². The van der Waals surface area contributed by atoms with E-state index in [-0.39, 0.29) is 12.7 Å². The molecule has 2 aliphatic heterocycles. The normalized spacial score (nSPS) is 20.1. The minimum atomic E-state index is -0.0394. The van der Waals surface area contributed by atoms with Gasteiger partial charge in [-0.05, 0) is 18.8 Å². The Labute approximate surface area is 117 Å². The first-order chi connectivity index (χ1) is 9.72. The van der Waals surface area contributed by atoms with Gasteiger partial charge in [-0.25, -0.2) is 0 Å². The summed E-state index contributed by atoms with van der Waals surface area (Å²) in [7, 11) is 0. The van der Waals surface area contributed by atoms with Crippen LogP contribution in [0.2, 0.25) is 0 Å². The third kappa shape index (κ3) is 2.80. The zero-order valence-electron chi connectivity index (χ0n) is 11.2. The lowest BCUT2D eigenvalue weighted by atomic mass is 10.0. The van der Waals surface area contributed by atoms with Crippen molar-refractivity contribution < 1.29 is 19.0 Å². The van der Waals surface area contributed by atoms with Crippen LogP contribution in [0.4, 0.5) is 11.4 Å². The Morgan fingerprint density at radius 2 is 2.15 bits per heavy atom. The van der Waals surface area contributed by atoms with Crippen LogP contribution in [0, 0.1) is 5.92 Å². The Bertz CT molecular complexity index is 512. The predicted molar refractivity (Wildman–Crippen MR) is 73.8 cm³/mol. The highest BCUT2D eigenvalue weighted by atomic mass is 16.7. The van der Waals surface area contributed by atoms with E-state index in [2.05, 4.69) is 5.32 Å². The second-order valence-electron chi connectivity index (χ2n) is 5.11. The standard InChI is InChI=1S/C14H18N2O4/c15-10-5-12-13(20-8-19-12)6-11(10)16-14(17)2-1-9-3-4-18-7-9/h5-6,9H,1-4,7-8,15H2,(H,16,17). The summed E-state index contributed by atoms with van der Waals surface area (Å²) in [6.07, 6.45) is 2.36. The highest BCUT2D eigenvalue weighted by Gasteiger charge is 2.19. The first kappa shape index (κ1) is 13.1. The molecular formula is C14H18N2O4. The van der Waals surface area contributed by atoms with Gasteiger partial charge in [0.1, 0.15) is 0 Å². The van der Waals surface area contributed by atoms with Gasteiger partial charge in [-0.15, -0.1) is 0 Å². The second kappa shape index (κ2) is 5.58. The molecule has 0 radical (unpaired) electrons. The monoisotopic (exact) mass is 278 g/mol. The Kier molecular flexibility index (Phi) is 3.64.